The van der Waals surface area contributed by atoms with Gasteiger partial charge in [0.2, 0.25) is 0 Å². The van der Waals surface area contributed by atoms with Gasteiger partial charge in [-0.3, -0.25) is 19.4 Å². The van der Waals surface area contributed by atoms with E-state index in [1.165, 1.54) is 11.9 Å². The fraction of sp³-hybridized carbons (Fsp3) is 0.417. The van der Waals surface area contributed by atoms with Crippen LogP contribution in [0.2, 0.25) is 0 Å². The van der Waals surface area contributed by atoms with E-state index in [0.29, 0.717) is 24.3 Å². The average molecular weight is 436 g/mol. The molecule has 4 amide bonds. The minimum absolute atomic E-state index is 0.0173. The molecule has 0 spiro atoms. The third-order valence-corrected chi connectivity index (χ3v) is 6.34. The van der Waals surface area contributed by atoms with Crippen LogP contribution >= 0.6 is 0 Å². The third-order valence-electron chi connectivity index (χ3n) is 6.34. The number of hydrogen-bond acceptors (Lipinski definition) is 5. The van der Waals surface area contributed by atoms with Crippen LogP contribution in [-0.4, -0.2) is 71.9 Å². The van der Waals surface area contributed by atoms with Crippen molar-refractivity contribution >= 4 is 29.4 Å². The molecule has 32 heavy (non-hydrogen) atoms. The summed E-state index contributed by atoms with van der Waals surface area (Å²) in [6, 6.07) is 6.54. The van der Waals surface area contributed by atoms with Gasteiger partial charge in [-0.05, 0) is 62.6 Å². The van der Waals surface area contributed by atoms with Crippen LogP contribution in [0.25, 0.3) is 0 Å². The molecule has 0 saturated carbocycles. The van der Waals surface area contributed by atoms with Gasteiger partial charge in [0.05, 0.1) is 0 Å². The first-order valence-corrected chi connectivity index (χ1v) is 10.9. The Morgan fingerprint density at radius 2 is 1.69 bits per heavy atom. The highest BCUT2D eigenvalue weighted by molar-refractivity contribution is 6.14. The summed E-state index contributed by atoms with van der Waals surface area (Å²) < 4.78 is 0. The molecular weight excluding hydrogens is 406 g/mol. The highest BCUT2D eigenvalue weighted by atomic mass is 16.2. The molecule has 1 aromatic carbocycles. The zero-order chi connectivity index (χ0) is 23.2. The SMILES string of the molecule is Cc1cnc(N2CCN(C(=O)c3ccc(N4C(=O)N(C)C(=O)C4C)cc3C)CC2)c(C)c1. The smallest absolute Gasteiger partial charge is 0.331 e. The van der Waals surface area contributed by atoms with Crippen molar-refractivity contribution in [2.24, 2.45) is 0 Å². The van der Waals surface area contributed by atoms with Gasteiger partial charge >= 0.3 is 6.03 Å². The van der Waals surface area contributed by atoms with Gasteiger partial charge in [-0.2, -0.15) is 0 Å². The Bertz CT molecular complexity index is 1090. The van der Waals surface area contributed by atoms with Crippen molar-refractivity contribution < 1.29 is 14.4 Å². The number of imide groups is 1. The molecule has 0 aliphatic carbocycles. The molecule has 8 heteroatoms. The number of carbonyl (C=O) groups is 3. The quantitative estimate of drug-likeness (QED) is 0.693. The number of urea groups is 1. The summed E-state index contributed by atoms with van der Waals surface area (Å²) in [5.74, 6) is 0.729. The summed E-state index contributed by atoms with van der Waals surface area (Å²) in [6.45, 7) is 10.4. The highest BCUT2D eigenvalue weighted by Crippen LogP contribution is 2.28. The topological polar surface area (TPSA) is 77.1 Å². The Morgan fingerprint density at radius 3 is 2.25 bits per heavy atom. The Labute approximate surface area is 188 Å². The maximum absolute atomic E-state index is 13.2. The fourth-order valence-corrected chi connectivity index (χ4v) is 4.51. The summed E-state index contributed by atoms with van der Waals surface area (Å²) in [4.78, 5) is 49.0. The minimum Gasteiger partial charge on any atom is -0.353 e. The molecule has 0 N–H and O–H groups in total. The summed E-state index contributed by atoms with van der Waals surface area (Å²) in [6.07, 6.45) is 1.88. The van der Waals surface area contributed by atoms with Gasteiger partial charge in [-0.25, -0.2) is 9.78 Å². The molecule has 3 heterocycles. The number of anilines is 2. The molecule has 1 aromatic heterocycles. The van der Waals surface area contributed by atoms with E-state index in [4.69, 9.17) is 0 Å². The van der Waals surface area contributed by atoms with Gasteiger partial charge in [0, 0.05) is 50.7 Å². The molecule has 2 aliphatic rings. The number of hydrogen-bond donors (Lipinski definition) is 0. The zero-order valence-electron chi connectivity index (χ0n) is 19.3. The van der Waals surface area contributed by atoms with Gasteiger partial charge in [-0.1, -0.05) is 6.07 Å². The number of rotatable bonds is 3. The van der Waals surface area contributed by atoms with Crippen LogP contribution in [0, 0.1) is 20.8 Å². The number of pyridine rings is 1. The molecule has 4 rings (SSSR count). The van der Waals surface area contributed by atoms with E-state index in [1.54, 1.807) is 19.1 Å². The van der Waals surface area contributed by atoms with Crippen LogP contribution in [0.15, 0.2) is 30.5 Å². The van der Waals surface area contributed by atoms with E-state index in [2.05, 4.69) is 22.9 Å². The lowest BCUT2D eigenvalue weighted by atomic mass is 10.0. The van der Waals surface area contributed by atoms with Crippen molar-refractivity contribution in [3.8, 4) is 0 Å². The zero-order valence-corrected chi connectivity index (χ0v) is 19.3. The van der Waals surface area contributed by atoms with Gasteiger partial charge in [0.15, 0.2) is 0 Å². The molecule has 1 atom stereocenters. The van der Waals surface area contributed by atoms with E-state index >= 15 is 0 Å². The Kier molecular flexibility index (Phi) is 5.62. The predicted octanol–water partition coefficient (Wildman–Crippen LogP) is 2.76. The van der Waals surface area contributed by atoms with Gasteiger partial charge in [0.25, 0.3) is 11.8 Å². The average Bonchev–Trinajstić information content (AvgIpc) is 2.96. The van der Waals surface area contributed by atoms with E-state index in [9.17, 15) is 14.4 Å². The molecule has 0 bridgehead atoms. The van der Waals surface area contributed by atoms with Crippen LogP contribution in [0.1, 0.15) is 34.0 Å². The molecule has 2 fully saturated rings. The van der Waals surface area contributed by atoms with Crippen molar-refractivity contribution in [1.29, 1.82) is 0 Å². The number of amides is 4. The third kappa shape index (κ3) is 3.70. The predicted molar refractivity (Wildman–Crippen MR) is 123 cm³/mol. The first-order chi connectivity index (χ1) is 15.2. The summed E-state index contributed by atoms with van der Waals surface area (Å²) >= 11 is 0. The van der Waals surface area contributed by atoms with Crippen LogP contribution in [0.3, 0.4) is 0 Å². The Hall–Kier alpha value is -3.42. The van der Waals surface area contributed by atoms with Crippen LogP contribution in [0.4, 0.5) is 16.3 Å². The first kappa shape index (κ1) is 21.8. The molecule has 2 aromatic rings. The Morgan fingerprint density at radius 1 is 1.00 bits per heavy atom. The van der Waals surface area contributed by atoms with Crippen LogP contribution in [-0.2, 0) is 4.79 Å². The largest absolute Gasteiger partial charge is 0.353 e. The van der Waals surface area contributed by atoms with E-state index in [1.807, 2.05) is 31.0 Å². The lowest BCUT2D eigenvalue weighted by molar-refractivity contribution is -0.125. The van der Waals surface area contributed by atoms with Crippen molar-refractivity contribution in [1.82, 2.24) is 14.8 Å². The maximum atomic E-state index is 13.2. The number of benzene rings is 1. The standard InChI is InChI=1S/C24H29N5O3/c1-15-12-17(3)21(25-14-15)27-8-10-28(11-9-27)23(31)20-7-6-19(13-16(20)2)29-18(4)22(30)26(5)24(29)32/h6-7,12-14,18H,8-11H2,1-5H3. The lowest BCUT2D eigenvalue weighted by Crippen LogP contribution is -2.49. The maximum Gasteiger partial charge on any atom is 0.331 e. The highest BCUT2D eigenvalue weighted by Gasteiger charge is 2.41. The van der Waals surface area contributed by atoms with E-state index in [0.717, 1.165) is 40.5 Å². The van der Waals surface area contributed by atoms with Gasteiger partial charge in [-0.15, -0.1) is 0 Å². The molecule has 2 saturated heterocycles. The monoisotopic (exact) mass is 435 g/mol. The number of aromatic nitrogens is 1. The van der Waals surface area contributed by atoms with E-state index in [-0.39, 0.29) is 17.8 Å². The minimum atomic E-state index is -0.555. The second-order valence-electron chi connectivity index (χ2n) is 8.66. The summed E-state index contributed by atoms with van der Waals surface area (Å²) in [5, 5.41) is 0. The number of aryl methyl sites for hydroxylation is 3. The molecule has 0 radical (unpaired) electrons. The molecule has 2 aliphatic heterocycles. The summed E-state index contributed by atoms with van der Waals surface area (Å²) in [5.41, 5.74) is 4.31. The lowest BCUT2D eigenvalue weighted by Gasteiger charge is -2.36. The molecule has 168 valence electrons. The normalized spacial score (nSPS) is 19.2. The number of piperazine rings is 1. The summed E-state index contributed by atoms with van der Waals surface area (Å²) in [7, 11) is 1.49. The second kappa shape index (κ2) is 8.26. The van der Waals surface area contributed by atoms with Crippen molar-refractivity contribution in [3.05, 3.63) is 52.7 Å². The number of carbonyl (C=O) groups excluding carboxylic acids is 3. The molecule has 8 nitrogen and oxygen atoms in total. The molecule has 1 unspecified atom stereocenters. The second-order valence-corrected chi connectivity index (χ2v) is 8.66. The van der Waals surface area contributed by atoms with Crippen molar-refractivity contribution in [3.63, 3.8) is 0 Å². The van der Waals surface area contributed by atoms with Gasteiger partial charge in [0.1, 0.15) is 11.9 Å². The van der Waals surface area contributed by atoms with Crippen molar-refractivity contribution in [2.45, 2.75) is 33.7 Å². The van der Waals surface area contributed by atoms with E-state index < -0.39 is 6.04 Å². The van der Waals surface area contributed by atoms with Crippen LogP contribution < -0.4 is 9.80 Å². The first-order valence-electron chi connectivity index (χ1n) is 10.9. The Balaban J connectivity index is 1.46. The van der Waals surface area contributed by atoms with Crippen molar-refractivity contribution in [2.75, 3.05) is 43.0 Å². The molecular formula is C24H29N5O3. The van der Waals surface area contributed by atoms with Crippen LogP contribution in [0.5, 0.6) is 0 Å². The number of likely N-dealkylation sites (N-methyl/N-ethyl adjacent to an activating group) is 1. The fourth-order valence-electron chi connectivity index (χ4n) is 4.51. The van der Waals surface area contributed by atoms with Gasteiger partial charge < -0.3 is 9.80 Å². The number of nitrogens with zero attached hydrogens (tertiary/aromatic N) is 5.